The van der Waals surface area contributed by atoms with Crippen LogP contribution in [0.3, 0.4) is 0 Å². The van der Waals surface area contributed by atoms with E-state index in [1.54, 1.807) is 6.20 Å². The minimum Gasteiger partial charge on any atom is -0.443 e. The number of morpholine rings is 1. The molecule has 1 aliphatic rings. The Balaban J connectivity index is 1.89. The van der Waals surface area contributed by atoms with Gasteiger partial charge in [0.15, 0.2) is 5.96 Å². The van der Waals surface area contributed by atoms with E-state index in [9.17, 15) is 5.11 Å². The number of aliphatic hydroxyl groups is 1. The Morgan fingerprint density at radius 2 is 1.96 bits per heavy atom. The third-order valence-electron chi connectivity index (χ3n) is 4.31. The van der Waals surface area contributed by atoms with Gasteiger partial charge in [0.05, 0.1) is 25.0 Å². The Hall–Kier alpha value is -1.64. The Morgan fingerprint density at radius 3 is 2.56 bits per heavy atom. The summed E-state index contributed by atoms with van der Waals surface area (Å²) in [4.78, 5) is 11.0. The summed E-state index contributed by atoms with van der Waals surface area (Å²) in [5.74, 6) is 2.06. The molecule has 1 fully saturated rings. The van der Waals surface area contributed by atoms with Crippen LogP contribution >= 0.6 is 0 Å². The molecule has 0 aliphatic carbocycles. The molecule has 8 nitrogen and oxygen atoms in total. The molecular weight excluding hydrogens is 346 g/mol. The number of aliphatic imine (C=N–C) groups is 1. The van der Waals surface area contributed by atoms with Crippen molar-refractivity contribution in [3.63, 3.8) is 0 Å². The van der Waals surface area contributed by atoms with Gasteiger partial charge in [-0.05, 0) is 13.8 Å². The molecule has 8 heteroatoms. The number of hydrogen-bond acceptors (Lipinski definition) is 6. The van der Waals surface area contributed by atoms with Crippen LogP contribution in [0.15, 0.2) is 15.6 Å². The maximum absolute atomic E-state index is 10.7. The van der Waals surface area contributed by atoms with Crippen molar-refractivity contribution >= 4 is 5.96 Å². The molecular formula is C19H35N5O3. The lowest BCUT2D eigenvalue weighted by atomic mass is 9.94. The van der Waals surface area contributed by atoms with E-state index >= 15 is 0 Å². The first-order chi connectivity index (χ1) is 12.7. The van der Waals surface area contributed by atoms with Crippen LogP contribution in [0.4, 0.5) is 0 Å². The minimum atomic E-state index is -0.865. The predicted octanol–water partition coefficient (Wildman–Crippen LogP) is 1.11. The van der Waals surface area contributed by atoms with Crippen LogP contribution in [-0.2, 0) is 16.7 Å². The van der Waals surface area contributed by atoms with E-state index in [0.717, 1.165) is 38.6 Å². The molecule has 1 saturated heterocycles. The Labute approximate surface area is 162 Å². The van der Waals surface area contributed by atoms with Crippen LogP contribution in [0, 0.1) is 0 Å². The highest BCUT2D eigenvalue weighted by Crippen LogP contribution is 2.22. The molecule has 0 amide bonds. The average Bonchev–Trinajstić information content (AvgIpc) is 3.07. The zero-order chi connectivity index (χ0) is 19.9. The number of guanidine groups is 1. The van der Waals surface area contributed by atoms with E-state index in [0.29, 0.717) is 31.5 Å². The van der Waals surface area contributed by atoms with Crippen molar-refractivity contribution < 1.29 is 14.3 Å². The van der Waals surface area contributed by atoms with Crippen LogP contribution < -0.4 is 10.6 Å². The van der Waals surface area contributed by atoms with Gasteiger partial charge in [-0.3, -0.25) is 4.90 Å². The fraction of sp³-hybridized carbons (Fsp3) is 0.789. The summed E-state index contributed by atoms with van der Waals surface area (Å²) in [6.45, 7) is 15.3. The number of aromatic nitrogens is 1. The van der Waals surface area contributed by atoms with Crippen LogP contribution in [0.2, 0.25) is 0 Å². The Bertz CT molecular complexity index is 601. The average molecular weight is 382 g/mol. The van der Waals surface area contributed by atoms with E-state index in [1.807, 2.05) is 13.8 Å². The molecule has 2 rings (SSSR count). The molecule has 0 aromatic carbocycles. The lowest BCUT2D eigenvalue weighted by Gasteiger charge is -2.34. The molecule has 154 valence electrons. The predicted molar refractivity (Wildman–Crippen MR) is 106 cm³/mol. The topological polar surface area (TPSA) is 95.2 Å². The van der Waals surface area contributed by atoms with Crippen molar-refractivity contribution in [1.82, 2.24) is 20.5 Å². The summed E-state index contributed by atoms with van der Waals surface area (Å²) < 4.78 is 11.1. The van der Waals surface area contributed by atoms with Gasteiger partial charge < -0.3 is 24.9 Å². The van der Waals surface area contributed by atoms with Gasteiger partial charge in [-0.1, -0.05) is 20.8 Å². The normalized spacial score (nSPS) is 19.0. The molecule has 3 N–H and O–H groups in total. The van der Waals surface area contributed by atoms with Crippen molar-refractivity contribution in [3.05, 3.63) is 17.8 Å². The lowest BCUT2D eigenvalue weighted by Crippen LogP contribution is -2.52. The first-order valence-electron chi connectivity index (χ1n) is 9.69. The summed E-state index contributed by atoms with van der Waals surface area (Å²) in [5, 5.41) is 17.1. The van der Waals surface area contributed by atoms with Gasteiger partial charge in [0.25, 0.3) is 0 Å². The second kappa shape index (κ2) is 9.52. The molecule has 1 aliphatic heterocycles. The number of hydrogen-bond donors (Lipinski definition) is 3. The van der Waals surface area contributed by atoms with E-state index in [4.69, 9.17) is 9.15 Å². The Kier molecular flexibility index (Phi) is 7.64. The van der Waals surface area contributed by atoms with Gasteiger partial charge in [-0.25, -0.2) is 9.98 Å². The van der Waals surface area contributed by atoms with Crippen LogP contribution in [0.1, 0.15) is 46.3 Å². The van der Waals surface area contributed by atoms with E-state index < -0.39 is 5.60 Å². The third-order valence-corrected chi connectivity index (χ3v) is 4.31. The zero-order valence-corrected chi connectivity index (χ0v) is 17.3. The smallest absolute Gasteiger partial charge is 0.216 e. The highest BCUT2D eigenvalue weighted by atomic mass is 16.5. The molecule has 0 radical (unpaired) electrons. The number of rotatable bonds is 7. The maximum Gasteiger partial charge on any atom is 0.216 e. The summed E-state index contributed by atoms with van der Waals surface area (Å²) in [5.41, 5.74) is -0.939. The standard InChI is InChI=1S/C19H35N5O3/c1-6-20-17(22-12-16-21-11-15(27-16)18(2,3)4)23-13-19(5,25)14-24-7-9-26-10-8-24/h11,25H,6-10,12-14H2,1-5H3,(H2,20,22,23). The monoisotopic (exact) mass is 381 g/mol. The molecule has 1 aromatic rings. The van der Waals surface area contributed by atoms with Gasteiger partial charge in [0, 0.05) is 38.1 Å². The van der Waals surface area contributed by atoms with Crippen LogP contribution in [-0.4, -0.2) is 72.5 Å². The molecule has 1 unspecified atom stereocenters. The van der Waals surface area contributed by atoms with E-state index in [1.165, 1.54) is 0 Å². The first kappa shape index (κ1) is 21.7. The quantitative estimate of drug-likeness (QED) is 0.481. The highest BCUT2D eigenvalue weighted by molar-refractivity contribution is 5.79. The maximum atomic E-state index is 10.7. The van der Waals surface area contributed by atoms with Gasteiger partial charge in [-0.15, -0.1) is 0 Å². The molecule has 2 heterocycles. The fourth-order valence-corrected chi connectivity index (χ4v) is 2.79. The number of oxazole rings is 1. The fourth-order valence-electron chi connectivity index (χ4n) is 2.79. The number of β-amino-alcohol motifs (C(OH)–C–C–N with tert-alkyl or cyclic N) is 1. The molecule has 27 heavy (non-hydrogen) atoms. The summed E-state index contributed by atoms with van der Waals surface area (Å²) >= 11 is 0. The number of nitrogens with one attached hydrogen (secondary N) is 2. The van der Waals surface area contributed by atoms with Crippen LogP contribution in [0.5, 0.6) is 0 Å². The summed E-state index contributed by atoms with van der Waals surface area (Å²) in [6, 6.07) is 0. The van der Waals surface area contributed by atoms with Crippen molar-refractivity contribution in [1.29, 1.82) is 0 Å². The molecule has 1 aromatic heterocycles. The summed E-state index contributed by atoms with van der Waals surface area (Å²) in [7, 11) is 0. The largest absolute Gasteiger partial charge is 0.443 e. The van der Waals surface area contributed by atoms with Crippen molar-refractivity contribution in [2.45, 2.75) is 52.2 Å². The molecule has 0 saturated carbocycles. The van der Waals surface area contributed by atoms with Gasteiger partial charge in [-0.2, -0.15) is 0 Å². The molecule has 0 spiro atoms. The number of ether oxygens (including phenoxy) is 1. The van der Waals surface area contributed by atoms with Gasteiger partial charge in [0.1, 0.15) is 12.3 Å². The first-order valence-corrected chi connectivity index (χ1v) is 9.69. The minimum absolute atomic E-state index is 0.0735. The van der Waals surface area contributed by atoms with E-state index in [2.05, 4.69) is 46.3 Å². The Morgan fingerprint density at radius 1 is 1.26 bits per heavy atom. The second-order valence-corrected chi connectivity index (χ2v) is 8.30. The third kappa shape index (κ3) is 7.48. The number of nitrogens with zero attached hydrogens (tertiary/aromatic N) is 3. The second-order valence-electron chi connectivity index (χ2n) is 8.30. The van der Waals surface area contributed by atoms with Gasteiger partial charge in [0.2, 0.25) is 5.89 Å². The van der Waals surface area contributed by atoms with Gasteiger partial charge >= 0.3 is 0 Å². The zero-order valence-electron chi connectivity index (χ0n) is 17.3. The lowest BCUT2D eigenvalue weighted by molar-refractivity contribution is -0.0201. The summed E-state index contributed by atoms with van der Waals surface area (Å²) in [6.07, 6.45) is 1.76. The van der Waals surface area contributed by atoms with Crippen molar-refractivity contribution in [2.24, 2.45) is 4.99 Å². The molecule has 1 atom stereocenters. The van der Waals surface area contributed by atoms with Crippen molar-refractivity contribution in [2.75, 3.05) is 45.9 Å². The van der Waals surface area contributed by atoms with Crippen LogP contribution in [0.25, 0.3) is 0 Å². The van der Waals surface area contributed by atoms with Crippen molar-refractivity contribution in [3.8, 4) is 0 Å². The molecule has 0 bridgehead atoms. The highest BCUT2D eigenvalue weighted by Gasteiger charge is 2.25. The van der Waals surface area contributed by atoms with E-state index in [-0.39, 0.29) is 5.41 Å². The SMILES string of the molecule is CCNC(=NCc1ncc(C(C)(C)C)o1)NCC(C)(O)CN1CCOCC1.